The van der Waals surface area contributed by atoms with E-state index in [1.165, 1.54) is 47.0 Å². The summed E-state index contributed by atoms with van der Waals surface area (Å²) >= 11 is 6.44. The molecule has 2 aromatic carbocycles. The normalized spacial score (nSPS) is 12.6. The van der Waals surface area contributed by atoms with Gasteiger partial charge in [-0.05, 0) is 80.4 Å². The van der Waals surface area contributed by atoms with Crippen molar-refractivity contribution in [3.63, 3.8) is 0 Å². The molecule has 0 aliphatic rings. The van der Waals surface area contributed by atoms with Crippen molar-refractivity contribution in [2.24, 2.45) is 0 Å². The molecule has 268 valence electrons. The number of aromatic amines is 1. The van der Waals surface area contributed by atoms with Crippen molar-refractivity contribution >= 4 is 55.9 Å². The van der Waals surface area contributed by atoms with E-state index in [-0.39, 0.29) is 63.8 Å². The number of halogens is 1. The minimum Gasteiger partial charge on any atom is -0.473 e. The molecule has 5 rings (SSSR count). The molecule has 3 N–H and O–H groups in total. The predicted octanol–water partition coefficient (Wildman–Crippen LogP) is 6.44. The molecular weight excluding hydrogens is 696 g/mol. The van der Waals surface area contributed by atoms with Crippen molar-refractivity contribution < 1.29 is 27.5 Å². The molecule has 0 bridgehead atoms. The van der Waals surface area contributed by atoms with Crippen LogP contribution in [0.5, 0.6) is 5.75 Å². The summed E-state index contributed by atoms with van der Waals surface area (Å²) in [6.45, 7) is 4.21. The highest BCUT2D eigenvalue weighted by molar-refractivity contribution is 7.92. The van der Waals surface area contributed by atoms with Crippen molar-refractivity contribution in [1.82, 2.24) is 19.5 Å². The smallest absolute Gasteiger partial charge is 0.338 e. The molecule has 15 heteroatoms. The topological polar surface area (TPSA) is 174 Å². The van der Waals surface area contributed by atoms with Crippen LogP contribution in [0.15, 0.2) is 83.9 Å². The number of nitrogens with zero attached hydrogens (tertiary/aromatic N) is 3. The van der Waals surface area contributed by atoms with E-state index in [0.29, 0.717) is 11.8 Å². The standard InChI is InChI=1S/C36H39ClN6O7S/c1-4-6-9-23(29-10-7-8-19-38-29)18-21-43-33(41-32-27(35(43)45)17-20-39-32)31(50-26-14-11-24(12-15-26)36(46)49-5-2)34(44)40-30-22-25(13-16-28(30)37)42-51(3,47)48/h7-8,10-17,19-20,22-23,31,39,42H,4-6,9,18,21H2,1-3H3,(H,40,44). The zero-order valence-electron chi connectivity index (χ0n) is 28.4. The van der Waals surface area contributed by atoms with E-state index in [0.717, 1.165) is 31.2 Å². The second-order valence-electron chi connectivity index (χ2n) is 11.9. The number of carbonyl (C=O) groups is 2. The fourth-order valence-electron chi connectivity index (χ4n) is 5.60. The molecule has 0 aliphatic heterocycles. The van der Waals surface area contributed by atoms with Crippen LogP contribution >= 0.6 is 11.6 Å². The van der Waals surface area contributed by atoms with Crippen molar-refractivity contribution in [2.75, 3.05) is 22.9 Å². The maximum absolute atomic E-state index is 14.3. The molecule has 2 unspecified atom stereocenters. The summed E-state index contributed by atoms with van der Waals surface area (Å²) in [5.74, 6) is -1.03. The van der Waals surface area contributed by atoms with Crippen LogP contribution in [0.4, 0.5) is 11.4 Å². The van der Waals surface area contributed by atoms with Crippen molar-refractivity contribution in [3.05, 3.63) is 112 Å². The fraction of sp³-hybridized carbons (Fsp3) is 0.306. The summed E-state index contributed by atoms with van der Waals surface area (Å²) in [6, 6.07) is 17.6. The van der Waals surface area contributed by atoms with Crippen LogP contribution in [0.25, 0.3) is 11.0 Å². The number of nitrogens with one attached hydrogen (secondary N) is 3. The number of anilines is 2. The maximum atomic E-state index is 14.3. The van der Waals surface area contributed by atoms with E-state index < -0.39 is 28.0 Å². The lowest BCUT2D eigenvalue weighted by atomic mass is 9.94. The molecule has 13 nitrogen and oxygen atoms in total. The zero-order chi connectivity index (χ0) is 36.5. The average Bonchev–Trinajstić information content (AvgIpc) is 3.59. The second kappa shape index (κ2) is 16.7. The van der Waals surface area contributed by atoms with Gasteiger partial charge in [-0.1, -0.05) is 37.4 Å². The Morgan fingerprint density at radius 3 is 2.51 bits per heavy atom. The Morgan fingerprint density at radius 1 is 1.04 bits per heavy atom. The van der Waals surface area contributed by atoms with Crippen molar-refractivity contribution in [1.29, 1.82) is 0 Å². The first kappa shape index (κ1) is 37.1. The highest BCUT2D eigenvalue weighted by atomic mass is 35.5. The lowest BCUT2D eigenvalue weighted by Gasteiger charge is -2.23. The van der Waals surface area contributed by atoms with E-state index in [1.54, 1.807) is 25.4 Å². The van der Waals surface area contributed by atoms with Gasteiger partial charge < -0.3 is 19.8 Å². The highest BCUT2D eigenvalue weighted by Crippen LogP contribution is 2.30. The van der Waals surface area contributed by atoms with Crippen molar-refractivity contribution in [3.8, 4) is 5.75 Å². The number of sulfonamides is 1. The van der Waals surface area contributed by atoms with Gasteiger partial charge in [-0.2, -0.15) is 0 Å². The first-order valence-corrected chi connectivity index (χ1v) is 18.7. The molecule has 0 aliphatic carbocycles. The van der Waals surface area contributed by atoms with Gasteiger partial charge in [0.25, 0.3) is 11.5 Å². The molecule has 0 saturated heterocycles. The number of rotatable bonds is 16. The van der Waals surface area contributed by atoms with Crippen molar-refractivity contribution in [2.45, 2.75) is 58.1 Å². The van der Waals surface area contributed by atoms with Gasteiger partial charge in [0.2, 0.25) is 16.1 Å². The SMILES string of the molecule is CCCCC(CCn1c(C(Oc2ccc(C(=O)OCC)cc2)C(=O)Nc2cc(NS(C)(=O)=O)ccc2Cl)nc2[nH]ccc2c1=O)c1ccccn1. The lowest BCUT2D eigenvalue weighted by molar-refractivity contribution is -0.123. The summed E-state index contributed by atoms with van der Waals surface area (Å²) in [6.07, 6.45) is 6.13. The van der Waals surface area contributed by atoms with Gasteiger partial charge >= 0.3 is 5.97 Å². The van der Waals surface area contributed by atoms with Crippen LogP contribution in [0.3, 0.4) is 0 Å². The Kier molecular flexibility index (Phi) is 12.1. The zero-order valence-corrected chi connectivity index (χ0v) is 30.0. The van der Waals surface area contributed by atoms with E-state index in [4.69, 9.17) is 26.1 Å². The quantitative estimate of drug-likeness (QED) is 0.0964. The van der Waals surface area contributed by atoms with Crippen LogP contribution in [-0.4, -0.2) is 52.7 Å². The van der Waals surface area contributed by atoms with Crippen LogP contribution in [0.1, 0.15) is 73.4 Å². The van der Waals surface area contributed by atoms with Gasteiger partial charge in [0.1, 0.15) is 11.4 Å². The van der Waals surface area contributed by atoms with E-state index in [2.05, 4.69) is 26.9 Å². The third kappa shape index (κ3) is 9.52. The number of carbonyl (C=O) groups excluding carboxylic acids is 2. The third-order valence-corrected chi connectivity index (χ3v) is 8.97. The molecule has 3 heterocycles. The summed E-state index contributed by atoms with van der Waals surface area (Å²) in [5, 5.41) is 3.19. The first-order chi connectivity index (χ1) is 24.5. The number of hydrogen-bond donors (Lipinski definition) is 3. The molecular formula is C36H39ClN6O7S. The molecule has 51 heavy (non-hydrogen) atoms. The molecule has 2 atom stereocenters. The molecule has 3 aromatic heterocycles. The minimum atomic E-state index is -3.63. The Balaban J connectivity index is 1.58. The highest BCUT2D eigenvalue weighted by Gasteiger charge is 2.31. The van der Waals surface area contributed by atoms with Crippen LogP contribution < -0.4 is 20.3 Å². The number of pyridine rings is 1. The minimum absolute atomic E-state index is 0.0127. The van der Waals surface area contributed by atoms with E-state index >= 15 is 0 Å². The molecule has 5 aromatic rings. The predicted molar refractivity (Wildman–Crippen MR) is 196 cm³/mol. The monoisotopic (exact) mass is 734 g/mol. The molecule has 0 fully saturated rings. The average molecular weight is 735 g/mol. The van der Waals surface area contributed by atoms with Gasteiger partial charge in [-0.25, -0.2) is 18.2 Å². The lowest BCUT2D eigenvalue weighted by Crippen LogP contribution is -2.34. The second-order valence-corrected chi connectivity index (χ2v) is 14.0. The number of fused-ring (bicyclic) bond motifs is 1. The van der Waals surface area contributed by atoms with Gasteiger partial charge in [-0.3, -0.25) is 23.9 Å². The number of H-pyrrole nitrogens is 1. The Bertz CT molecular complexity index is 2150. The Morgan fingerprint density at radius 2 is 1.82 bits per heavy atom. The van der Waals surface area contributed by atoms with Crippen LogP contribution in [-0.2, 0) is 26.1 Å². The Hall–Kier alpha value is -5.21. The third-order valence-electron chi connectivity index (χ3n) is 8.04. The first-order valence-electron chi connectivity index (χ1n) is 16.5. The molecule has 0 saturated carbocycles. The number of unbranched alkanes of at least 4 members (excludes halogenated alkanes) is 1. The summed E-state index contributed by atoms with van der Waals surface area (Å²) in [7, 11) is -3.63. The summed E-state index contributed by atoms with van der Waals surface area (Å²) in [4.78, 5) is 52.9. The van der Waals surface area contributed by atoms with Crippen LogP contribution in [0, 0.1) is 0 Å². The number of hydrogen-bond acceptors (Lipinski definition) is 9. The maximum Gasteiger partial charge on any atom is 0.338 e. The van der Waals surface area contributed by atoms with Gasteiger partial charge in [0.15, 0.2) is 5.82 Å². The van der Waals surface area contributed by atoms with E-state index in [1.807, 2.05) is 18.2 Å². The largest absolute Gasteiger partial charge is 0.473 e. The van der Waals surface area contributed by atoms with Gasteiger partial charge in [0.05, 0.1) is 40.2 Å². The number of benzene rings is 2. The molecule has 0 radical (unpaired) electrons. The Labute approximate surface area is 300 Å². The number of amides is 1. The van der Waals surface area contributed by atoms with Gasteiger partial charge in [-0.15, -0.1) is 0 Å². The number of esters is 1. The summed E-state index contributed by atoms with van der Waals surface area (Å²) in [5.41, 5.74) is 1.33. The fourth-order valence-corrected chi connectivity index (χ4v) is 6.32. The summed E-state index contributed by atoms with van der Waals surface area (Å²) < 4.78 is 39.0. The molecule has 1 amide bonds. The number of aromatic nitrogens is 4. The van der Waals surface area contributed by atoms with Crippen LogP contribution in [0.2, 0.25) is 5.02 Å². The van der Waals surface area contributed by atoms with Gasteiger partial charge in [0, 0.05) is 30.6 Å². The molecule has 0 spiro atoms. The number of ether oxygens (including phenoxy) is 2. The van der Waals surface area contributed by atoms with E-state index in [9.17, 15) is 22.8 Å².